The highest BCUT2D eigenvalue weighted by Crippen LogP contribution is 2.48. The molecule has 0 fully saturated rings. The van der Waals surface area contributed by atoms with E-state index in [4.69, 9.17) is 0 Å². The van der Waals surface area contributed by atoms with Crippen LogP contribution >= 0.6 is 11.3 Å². The number of nitriles is 2. The highest BCUT2D eigenvalue weighted by molar-refractivity contribution is 7.86. The Bertz CT molecular complexity index is 3200. The SMILES string of the molecule is Cc1c(C#N)c(Nc2ccc(S(=O)(=O)O)cc2)nc(Nc2ccc(S(=O)(=O)O)cc2)c1N=Nc1sc(N=Nc2cc(C(=O)O)cc(C(=O)O)c2)c(-c2ccc(C(=O)O)cc2)c1C#N. The van der Waals surface area contributed by atoms with Gasteiger partial charge in [0, 0.05) is 22.5 Å². The van der Waals surface area contributed by atoms with E-state index >= 15 is 0 Å². The molecule has 0 saturated carbocycles. The molecule has 21 nitrogen and oxygen atoms in total. The Morgan fingerprint density at radius 3 is 1.56 bits per heavy atom. The largest absolute Gasteiger partial charge is 0.478 e. The van der Waals surface area contributed by atoms with Crippen molar-refractivity contribution in [3.05, 3.63) is 124 Å². The Balaban J connectivity index is 1.51. The summed E-state index contributed by atoms with van der Waals surface area (Å²) < 4.78 is 65.4. The predicted octanol–water partition coefficient (Wildman–Crippen LogP) is 8.77. The van der Waals surface area contributed by atoms with E-state index in [-0.39, 0.29) is 77.8 Å². The lowest BCUT2D eigenvalue weighted by Gasteiger charge is -2.16. The molecule has 24 heteroatoms. The summed E-state index contributed by atoms with van der Waals surface area (Å²) in [6.45, 7) is 1.49. The number of thiophene rings is 1. The minimum Gasteiger partial charge on any atom is -0.478 e. The molecule has 2 heterocycles. The van der Waals surface area contributed by atoms with E-state index in [1.54, 1.807) is 0 Å². The molecule has 0 radical (unpaired) electrons. The van der Waals surface area contributed by atoms with Crippen molar-refractivity contribution in [2.24, 2.45) is 20.5 Å². The third-order valence-electron chi connectivity index (χ3n) is 8.67. The molecule has 6 aromatic rings. The second-order valence-corrected chi connectivity index (χ2v) is 16.6. The van der Waals surface area contributed by atoms with Crippen LogP contribution in [0.2, 0.25) is 0 Å². The van der Waals surface area contributed by atoms with E-state index in [1.165, 1.54) is 55.5 Å². The summed E-state index contributed by atoms with van der Waals surface area (Å²) in [6, 6.07) is 22.0. The number of pyridine rings is 1. The number of anilines is 4. The van der Waals surface area contributed by atoms with E-state index in [0.717, 1.165) is 53.8 Å². The van der Waals surface area contributed by atoms with Crippen LogP contribution in [0.5, 0.6) is 0 Å². The van der Waals surface area contributed by atoms with Crippen LogP contribution in [0, 0.1) is 29.6 Å². The first-order valence-electron chi connectivity index (χ1n) is 17.3. The Morgan fingerprint density at radius 2 is 1.10 bits per heavy atom. The number of rotatable bonds is 14. The lowest BCUT2D eigenvalue weighted by molar-refractivity contribution is 0.0682. The first-order valence-corrected chi connectivity index (χ1v) is 21.0. The molecule has 6 rings (SSSR count). The lowest BCUT2D eigenvalue weighted by Crippen LogP contribution is -2.05. The molecule has 316 valence electrons. The van der Waals surface area contributed by atoms with Crippen molar-refractivity contribution in [1.82, 2.24) is 4.98 Å². The molecule has 0 atom stereocenters. The quantitative estimate of drug-likeness (QED) is 0.0396. The minimum atomic E-state index is -4.56. The van der Waals surface area contributed by atoms with E-state index in [9.17, 15) is 66.2 Å². The number of aromatic nitrogens is 1. The van der Waals surface area contributed by atoms with Crippen molar-refractivity contribution in [3.8, 4) is 23.3 Å². The van der Waals surface area contributed by atoms with Crippen molar-refractivity contribution < 1.29 is 55.6 Å². The summed E-state index contributed by atoms with van der Waals surface area (Å²) in [5.74, 6) is -4.28. The number of hydrogen-bond donors (Lipinski definition) is 7. The number of hydrogen-bond acceptors (Lipinski definition) is 17. The summed E-state index contributed by atoms with van der Waals surface area (Å²) in [5, 5.41) is 72.0. The van der Waals surface area contributed by atoms with Crippen LogP contribution in [0.4, 0.5) is 44.4 Å². The zero-order valence-electron chi connectivity index (χ0n) is 31.6. The van der Waals surface area contributed by atoms with Gasteiger partial charge in [-0.3, -0.25) is 9.11 Å². The smallest absolute Gasteiger partial charge is 0.335 e. The summed E-state index contributed by atoms with van der Waals surface area (Å²) >= 11 is 0.761. The summed E-state index contributed by atoms with van der Waals surface area (Å²) in [4.78, 5) is 38.8. The van der Waals surface area contributed by atoms with Crippen LogP contribution in [0.25, 0.3) is 11.1 Å². The van der Waals surface area contributed by atoms with Crippen molar-refractivity contribution in [2.45, 2.75) is 16.7 Å². The van der Waals surface area contributed by atoms with Crippen LogP contribution < -0.4 is 10.6 Å². The maximum absolute atomic E-state index is 11.7. The van der Waals surface area contributed by atoms with E-state index in [2.05, 4.69) is 36.1 Å². The highest BCUT2D eigenvalue weighted by Gasteiger charge is 2.23. The molecule has 0 unspecified atom stereocenters. The number of carboxylic acids is 3. The van der Waals surface area contributed by atoms with Crippen LogP contribution in [0.15, 0.2) is 121 Å². The minimum absolute atomic E-state index is 0.0226. The third kappa shape index (κ3) is 10.0. The molecule has 2 aromatic heterocycles. The predicted molar refractivity (Wildman–Crippen MR) is 223 cm³/mol. The normalized spacial score (nSPS) is 11.6. The van der Waals surface area contributed by atoms with Crippen molar-refractivity contribution in [2.75, 3.05) is 10.6 Å². The fourth-order valence-corrected chi connectivity index (χ4v) is 7.52. The van der Waals surface area contributed by atoms with Gasteiger partial charge in [0.25, 0.3) is 20.2 Å². The zero-order valence-corrected chi connectivity index (χ0v) is 34.1. The molecule has 0 aliphatic rings. The Morgan fingerprint density at radius 1 is 0.619 bits per heavy atom. The number of aromatic carboxylic acids is 3. The monoisotopic (exact) mass is 907 g/mol. The van der Waals surface area contributed by atoms with Gasteiger partial charge in [-0.2, -0.15) is 27.4 Å². The molecular formula is C39H25N9O12S3. The zero-order chi connectivity index (χ0) is 45.8. The number of benzene rings is 4. The van der Waals surface area contributed by atoms with Gasteiger partial charge in [-0.15, -0.1) is 20.5 Å². The standard InChI is InChI=1S/C39H25N9O12S3/c1-19-29(17-40)33(42-24-6-10-27(11-7-24)62(55,56)57)44-34(43-25-8-12-28(13-9-25)63(58,59)60)32(19)46-47-35-30(18-41)31(20-2-4-21(5-3-20)37(49)50)36(61-35)48-45-26-15-22(38(51)52)14-23(16-26)39(53)54/h2-16H,1H3,(H,49,50)(H,51,52)(H,53,54)(H2,42,43,44)(H,55,56,57)(H,58,59,60). The maximum atomic E-state index is 11.7. The van der Waals surface area contributed by atoms with Gasteiger partial charge in [0.2, 0.25) is 0 Å². The Hall–Kier alpha value is -8.26. The van der Waals surface area contributed by atoms with Crippen LogP contribution in [-0.2, 0) is 20.2 Å². The summed E-state index contributed by atoms with van der Waals surface area (Å²) in [7, 11) is -9.09. The van der Waals surface area contributed by atoms with Crippen molar-refractivity contribution in [1.29, 1.82) is 10.5 Å². The fourth-order valence-electron chi connectivity index (χ4n) is 5.64. The van der Waals surface area contributed by atoms with Gasteiger partial charge < -0.3 is 26.0 Å². The number of carboxylic acid groups (broad SMARTS) is 3. The van der Waals surface area contributed by atoms with Crippen molar-refractivity contribution >= 4 is 93.9 Å². The Labute approximate surface area is 359 Å². The summed E-state index contributed by atoms with van der Waals surface area (Å²) in [5.41, 5.74) is -0.411. The molecule has 7 N–H and O–H groups in total. The summed E-state index contributed by atoms with van der Waals surface area (Å²) in [6.07, 6.45) is 0. The molecule has 0 aliphatic heterocycles. The molecule has 0 amide bonds. The third-order valence-corrected chi connectivity index (χ3v) is 11.4. The van der Waals surface area contributed by atoms with Gasteiger partial charge in [0.15, 0.2) is 16.6 Å². The van der Waals surface area contributed by atoms with Crippen LogP contribution in [0.1, 0.15) is 47.8 Å². The fraction of sp³-hybridized carbons (Fsp3) is 0.0256. The molecular weight excluding hydrogens is 883 g/mol. The number of azo groups is 2. The molecule has 63 heavy (non-hydrogen) atoms. The average Bonchev–Trinajstić information content (AvgIpc) is 3.59. The first kappa shape index (κ1) is 44.3. The number of nitrogens with zero attached hydrogens (tertiary/aromatic N) is 7. The second-order valence-electron chi connectivity index (χ2n) is 12.8. The molecule has 4 aromatic carbocycles. The highest BCUT2D eigenvalue weighted by atomic mass is 32.2. The van der Waals surface area contributed by atoms with Gasteiger partial charge >= 0.3 is 17.9 Å². The van der Waals surface area contributed by atoms with Crippen molar-refractivity contribution in [3.63, 3.8) is 0 Å². The number of carbonyl (C=O) groups is 3. The van der Waals surface area contributed by atoms with E-state index in [1.807, 2.05) is 12.1 Å². The topological polar surface area (TPSA) is 355 Å². The van der Waals surface area contributed by atoms with E-state index < -0.39 is 59.1 Å². The van der Waals surface area contributed by atoms with Gasteiger partial charge in [-0.25, -0.2) is 19.4 Å². The van der Waals surface area contributed by atoms with Gasteiger partial charge in [-0.1, -0.05) is 23.5 Å². The van der Waals surface area contributed by atoms with E-state index in [0.29, 0.717) is 0 Å². The number of nitrogens with one attached hydrogen (secondary N) is 2. The van der Waals surface area contributed by atoms with Gasteiger partial charge in [-0.05, 0) is 91.3 Å². The average molecular weight is 908 g/mol. The van der Waals surface area contributed by atoms with Gasteiger partial charge in [0.05, 0.1) is 37.7 Å². The Kier molecular flexibility index (Phi) is 12.5. The first-order chi connectivity index (χ1) is 29.8. The molecule has 0 aliphatic carbocycles. The molecule has 0 saturated heterocycles. The van der Waals surface area contributed by atoms with Gasteiger partial charge in [0.1, 0.15) is 28.4 Å². The molecule has 0 bridgehead atoms. The second kappa shape index (κ2) is 17.8. The molecule has 0 spiro atoms. The lowest BCUT2D eigenvalue weighted by atomic mass is 10.0. The van der Waals surface area contributed by atoms with Crippen LogP contribution in [-0.4, -0.2) is 64.2 Å². The van der Waals surface area contributed by atoms with Crippen LogP contribution in [0.3, 0.4) is 0 Å². The maximum Gasteiger partial charge on any atom is 0.335 e.